The SMILES string of the molecule is Cc1ccc(C(=O)OCC(=O)NC(c2ccc(F)cc2)c2cccs2)cc1. The van der Waals surface area contributed by atoms with Crippen LogP contribution in [0.15, 0.2) is 66.0 Å². The van der Waals surface area contributed by atoms with Crippen molar-refractivity contribution in [2.45, 2.75) is 13.0 Å². The van der Waals surface area contributed by atoms with E-state index in [0.717, 1.165) is 16.0 Å². The van der Waals surface area contributed by atoms with Crippen molar-refractivity contribution in [3.05, 3.63) is 93.4 Å². The van der Waals surface area contributed by atoms with Gasteiger partial charge in [-0.25, -0.2) is 9.18 Å². The van der Waals surface area contributed by atoms with E-state index in [2.05, 4.69) is 5.32 Å². The largest absolute Gasteiger partial charge is 0.452 e. The third-order valence-corrected chi connectivity index (χ3v) is 4.90. The van der Waals surface area contributed by atoms with Crippen LogP contribution in [0.5, 0.6) is 0 Å². The lowest BCUT2D eigenvalue weighted by Gasteiger charge is -2.18. The van der Waals surface area contributed by atoms with E-state index in [4.69, 9.17) is 4.74 Å². The second kappa shape index (κ2) is 8.60. The third-order valence-electron chi connectivity index (χ3n) is 3.96. The number of halogens is 1. The van der Waals surface area contributed by atoms with Gasteiger partial charge in [-0.3, -0.25) is 4.79 Å². The van der Waals surface area contributed by atoms with Crippen molar-refractivity contribution in [1.29, 1.82) is 0 Å². The summed E-state index contributed by atoms with van der Waals surface area (Å²) < 4.78 is 18.3. The summed E-state index contributed by atoms with van der Waals surface area (Å²) in [6.07, 6.45) is 0. The fraction of sp³-hybridized carbons (Fsp3) is 0.143. The summed E-state index contributed by atoms with van der Waals surface area (Å²) in [4.78, 5) is 25.3. The Bertz CT molecular complexity index is 906. The van der Waals surface area contributed by atoms with Gasteiger partial charge in [0, 0.05) is 4.88 Å². The molecule has 1 heterocycles. The molecule has 0 fully saturated rings. The summed E-state index contributed by atoms with van der Waals surface area (Å²) in [6.45, 7) is 1.53. The van der Waals surface area contributed by atoms with Crippen molar-refractivity contribution in [2.75, 3.05) is 6.61 Å². The highest BCUT2D eigenvalue weighted by Crippen LogP contribution is 2.26. The Morgan fingerprint density at radius 3 is 2.41 bits per heavy atom. The van der Waals surface area contributed by atoms with Crippen LogP contribution in [0.25, 0.3) is 0 Å². The summed E-state index contributed by atoms with van der Waals surface area (Å²) in [5.41, 5.74) is 2.17. The third kappa shape index (κ3) is 5.01. The Labute approximate surface area is 160 Å². The van der Waals surface area contributed by atoms with Gasteiger partial charge < -0.3 is 10.1 Å². The lowest BCUT2D eigenvalue weighted by molar-refractivity contribution is -0.124. The number of ether oxygens (including phenoxy) is 1. The molecule has 6 heteroatoms. The Hall–Kier alpha value is -2.99. The number of hydrogen-bond donors (Lipinski definition) is 1. The maximum atomic E-state index is 13.2. The number of esters is 1. The lowest BCUT2D eigenvalue weighted by atomic mass is 10.1. The maximum Gasteiger partial charge on any atom is 0.338 e. The average molecular weight is 383 g/mol. The number of carbonyl (C=O) groups excluding carboxylic acids is 2. The maximum absolute atomic E-state index is 13.2. The minimum absolute atomic E-state index is 0.345. The van der Waals surface area contributed by atoms with Gasteiger partial charge in [-0.1, -0.05) is 35.9 Å². The van der Waals surface area contributed by atoms with Crippen LogP contribution < -0.4 is 5.32 Å². The van der Waals surface area contributed by atoms with E-state index < -0.39 is 24.5 Å². The quantitative estimate of drug-likeness (QED) is 0.647. The second-order valence-electron chi connectivity index (χ2n) is 6.01. The molecule has 27 heavy (non-hydrogen) atoms. The number of hydrogen-bond acceptors (Lipinski definition) is 4. The van der Waals surface area contributed by atoms with Gasteiger partial charge in [0.1, 0.15) is 5.82 Å². The number of amides is 1. The molecular weight excluding hydrogens is 365 g/mol. The number of nitrogens with one attached hydrogen (secondary N) is 1. The van der Waals surface area contributed by atoms with E-state index in [0.29, 0.717) is 5.56 Å². The van der Waals surface area contributed by atoms with E-state index in [1.165, 1.54) is 23.5 Å². The zero-order valence-electron chi connectivity index (χ0n) is 14.6. The Balaban J connectivity index is 1.65. The molecule has 4 nitrogen and oxygen atoms in total. The van der Waals surface area contributed by atoms with Gasteiger partial charge in [0.05, 0.1) is 11.6 Å². The molecule has 1 N–H and O–H groups in total. The molecule has 2 aromatic carbocycles. The molecule has 0 saturated carbocycles. The fourth-order valence-corrected chi connectivity index (χ4v) is 3.34. The molecule has 0 radical (unpaired) electrons. The molecule has 0 bridgehead atoms. The van der Waals surface area contributed by atoms with Crippen molar-refractivity contribution in [1.82, 2.24) is 5.32 Å². The smallest absolute Gasteiger partial charge is 0.338 e. The molecule has 1 aromatic heterocycles. The van der Waals surface area contributed by atoms with E-state index in [-0.39, 0.29) is 5.82 Å². The van der Waals surface area contributed by atoms with Gasteiger partial charge in [-0.15, -0.1) is 11.3 Å². The van der Waals surface area contributed by atoms with Crippen LogP contribution in [-0.4, -0.2) is 18.5 Å². The number of rotatable bonds is 6. The van der Waals surface area contributed by atoms with E-state index in [1.54, 1.807) is 36.4 Å². The van der Waals surface area contributed by atoms with E-state index >= 15 is 0 Å². The van der Waals surface area contributed by atoms with Gasteiger partial charge in [0.2, 0.25) is 0 Å². The monoisotopic (exact) mass is 383 g/mol. The standard InChI is InChI=1S/C21H18FNO3S/c1-14-4-6-16(7-5-14)21(25)26-13-19(24)23-20(18-3-2-12-27-18)15-8-10-17(22)11-9-15/h2-12,20H,13H2,1H3,(H,23,24). The minimum atomic E-state index is -0.556. The van der Waals surface area contributed by atoms with Crippen molar-refractivity contribution in [3.63, 3.8) is 0 Å². The second-order valence-corrected chi connectivity index (χ2v) is 6.99. The topological polar surface area (TPSA) is 55.4 Å². The lowest BCUT2D eigenvalue weighted by Crippen LogP contribution is -2.32. The van der Waals surface area contributed by atoms with Gasteiger partial charge in [0.25, 0.3) is 5.91 Å². The molecular formula is C21H18FNO3S. The number of thiophene rings is 1. The van der Waals surface area contributed by atoms with Gasteiger partial charge in [-0.2, -0.15) is 0 Å². The summed E-state index contributed by atoms with van der Waals surface area (Å²) in [6, 6.07) is 16.2. The van der Waals surface area contributed by atoms with Crippen LogP contribution in [0.2, 0.25) is 0 Å². The molecule has 1 unspecified atom stereocenters. The van der Waals surface area contributed by atoms with E-state index in [9.17, 15) is 14.0 Å². The summed E-state index contributed by atoms with van der Waals surface area (Å²) >= 11 is 1.48. The summed E-state index contributed by atoms with van der Waals surface area (Å²) in [5, 5.41) is 4.74. The van der Waals surface area contributed by atoms with Crippen molar-refractivity contribution < 1.29 is 18.7 Å². The Morgan fingerprint density at radius 1 is 1.07 bits per heavy atom. The predicted molar refractivity (Wildman–Crippen MR) is 102 cm³/mol. The minimum Gasteiger partial charge on any atom is -0.452 e. The highest BCUT2D eigenvalue weighted by atomic mass is 32.1. The highest BCUT2D eigenvalue weighted by molar-refractivity contribution is 7.10. The molecule has 0 saturated heterocycles. The molecule has 1 amide bonds. The number of benzene rings is 2. The van der Waals surface area contributed by atoms with Gasteiger partial charge in [0.15, 0.2) is 6.61 Å². The number of aryl methyl sites for hydroxylation is 1. The predicted octanol–water partition coefficient (Wildman–Crippen LogP) is 4.26. The zero-order valence-corrected chi connectivity index (χ0v) is 15.5. The van der Waals surface area contributed by atoms with Gasteiger partial charge in [-0.05, 0) is 48.2 Å². The molecule has 0 aliphatic heterocycles. The Morgan fingerprint density at radius 2 is 1.78 bits per heavy atom. The average Bonchev–Trinajstić information content (AvgIpc) is 3.20. The normalized spacial score (nSPS) is 11.6. The van der Waals surface area contributed by atoms with Crippen molar-refractivity contribution in [2.24, 2.45) is 0 Å². The molecule has 0 spiro atoms. The zero-order chi connectivity index (χ0) is 19.2. The molecule has 138 valence electrons. The first-order valence-electron chi connectivity index (χ1n) is 8.35. The molecule has 3 aromatic rings. The van der Waals surface area contributed by atoms with Crippen LogP contribution in [0.4, 0.5) is 4.39 Å². The Kier molecular flexibility index (Phi) is 5.98. The molecule has 3 rings (SSSR count). The van der Waals surface area contributed by atoms with Gasteiger partial charge >= 0.3 is 5.97 Å². The van der Waals surface area contributed by atoms with Crippen molar-refractivity contribution in [3.8, 4) is 0 Å². The molecule has 0 aliphatic carbocycles. The van der Waals surface area contributed by atoms with Crippen LogP contribution in [0.3, 0.4) is 0 Å². The van der Waals surface area contributed by atoms with Crippen LogP contribution in [0, 0.1) is 12.7 Å². The van der Waals surface area contributed by atoms with E-state index in [1.807, 2.05) is 24.4 Å². The summed E-state index contributed by atoms with van der Waals surface area (Å²) in [5.74, 6) is -1.33. The van der Waals surface area contributed by atoms with Crippen LogP contribution in [0.1, 0.15) is 32.4 Å². The van der Waals surface area contributed by atoms with Crippen LogP contribution >= 0.6 is 11.3 Å². The first-order valence-corrected chi connectivity index (χ1v) is 9.23. The first kappa shape index (κ1) is 18.8. The number of carbonyl (C=O) groups is 2. The molecule has 1 atom stereocenters. The van der Waals surface area contributed by atoms with Crippen molar-refractivity contribution >= 4 is 23.2 Å². The highest BCUT2D eigenvalue weighted by Gasteiger charge is 2.19. The fourth-order valence-electron chi connectivity index (χ4n) is 2.54. The van der Waals surface area contributed by atoms with Crippen LogP contribution in [-0.2, 0) is 9.53 Å². The molecule has 0 aliphatic rings. The first-order chi connectivity index (χ1) is 13.0. The summed E-state index contributed by atoms with van der Waals surface area (Å²) in [7, 11) is 0.